The minimum Gasteiger partial charge on any atom is -0.322 e. The Hall–Kier alpha value is -0.720. The van der Waals surface area contributed by atoms with Crippen LogP contribution in [-0.2, 0) is 9.05 Å². The van der Waals surface area contributed by atoms with Gasteiger partial charge < -0.3 is 9.05 Å². The second kappa shape index (κ2) is 8.31. The molecule has 0 spiro atoms. The van der Waals surface area contributed by atoms with Crippen LogP contribution in [0.5, 0.6) is 0 Å². The van der Waals surface area contributed by atoms with Gasteiger partial charge in [-0.1, -0.05) is 24.3 Å². The largest absolute Gasteiger partial charge is 0.322 e. The van der Waals surface area contributed by atoms with E-state index in [2.05, 4.69) is 62.7 Å². The van der Waals surface area contributed by atoms with E-state index in [4.69, 9.17) is 14.3 Å². The quantitative estimate of drug-likeness (QED) is 0.332. The maximum atomic E-state index is 8.81. The third kappa shape index (κ3) is 4.01. The molecule has 4 aliphatic rings. The van der Waals surface area contributed by atoms with Crippen molar-refractivity contribution in [3.63, 3.8) is 0 Å². The average Bonchev–Trinajstić information content (AvgIpc) is 2.51. The number of allylic oxidation sites excluding steroid dienone is 4. The number of nitrogens with zero attached hydrogens (tertiary/aromatic N) is 2. The van der Waals surface area contributed by atoms with E-state index >= 15 is 0 Å². The third-order valence-corrected chi connectivity index (χ3v) is 7.77. The van der Waals surface area contributed by atoms with Gasteiger partial charge in [0.05, 0.1) is 25.7 Å². The molecule has 25 heavy (non-hydrogen) atoms. The molecule has 0 aromatic heterocycles. The molecule has 6 unspecified atom stereocenters. The smallest absolute Gasteiger partial charge is 0.259 e. The summed E-state index contributed by atoms with van der Waals surface area (Å²) in [7, 11) is -1.12. The van der Waals surface area contributed by atoms with Gasteiger partial charge in [0.1, 0.15) is 0 Å². The summed E-state index contributed by atoms with van der Waals surface area (Å²) in [5, 5.41) is 8.81. The van der Waals surface area contributed by atoms with E-state index in [0.29, 0.717) is 42.9 Å². The Balaban J connectivity index is 1.61. The van der Waals surface area contributed by atoms with Crippen LogP contribution in [0.4, 0.5) is 0 Å². The van der Waals surface area contributed by atoms with Crippen molar-refractivity contribution in [3.05, 3.63) is 24.3 Å². The van der Waals surface area contributed by atoms with Crippen molar-refractivity contribution in [3.8, 4) is 6.07 Å². The van der Waals surface area contributed by atoms with E-state index < -0.39 is 8.53 Å². The minimum atomic E-state index is -1.12. The Kier molecular flexibility index (Phi) is 6.34. The Bertz CT molecular complexity index is 546. The molecule has 1 saturated carbocycles. The molecule has 4 aliphatic carbocycles. The van der Waals surface area contributed by atoms with Gasteiger partial charge >= 0.3 is 0 Å². The maximum absolute atomic E-state index is 8.81. The number of hydrogen-bond donors (Lipinski definition) is 0. The van der Waals surface area contributed by atoms with Crippen LogP contribution in [0.15, 0.2) is 24.3 Å². The van der Waals surface area contributed by atoms with E-state index in [1.807, 2.05) is 0 Å². The Morgan fingerprint density at radius 3 is 2.28 bits per heavy atom. The lowest BCUT2D eigenvalue weighted by Gasteiger charge is -2.51. The zero-order valence-corrected chi connectivity index (χ0v) is 16.7. The Morgan fingerprint density at radius 2 is 1.72 bits per heavy atom. The Labute approximate surface area is 153 Å². The van der Waals surface area contributed by atoms with Crippen LogP contribution in [0.3, 0.4) is 0 Å². The number of rotatable bonds is 9. The normalized spacial score (nSPS) is 33.6. The highest BCUT2D eigenvalue weighted by atomic mass is 31.2. The highest BCUT2D eigenvalue weighted by Gasteiger charge is 2.47. The number of fused-ring (bicyclic) bond motifs is 1. The van der Waals surface area contributed by atoms with Crippen molar-refractivity contribution >= 4 is 8.53 Å². The van der Waals surface area contributed by atoms with Crippen molar-refractivity contribution in [2.24, 2.45) is 29.6 Å². The molecule has 0 aromatic carbocycles. The summed E-state index contributed by atoms with van der Waals surface area (Å²) in [6.07, 6.45) is 11.3. The second-order valence-electron chi connectivity index (χ2n) is 8.00. The van der Waals surface area contributed by atoms with Crippen LogP contribution in [-0.4, -0.2) is 30.0 Å². The Morgan fingerprint density at radius 1 is 1.04 bits per heavy atom. The predicted octanol–water partition coefficient (Wildman–Crippen LogP) is 4.90. The number of nitriles is 1. The molecule has 0 N–H and O–H groups in total. The summed E-state index contributed by atoms with van der Waals surface area (Å²) in [6.45, 7) is 9.94. The summed E-state index contributed by atoms with van der Waals surface area (Å²) < 4.78 is 14.7. The first-order valence-corrected chi connectivity index (χ1v) is 10.7. The van der Waals surface area contributed by atoms with Gasteiger partial charge in [0, 0.05) is 12.1 Å². The van der Waals surface area contributed by atoms with E-state index in [1.165, 1.54) is 6.42 Å². The zero-order valence-electron chi connectivity index (χ0n) is 15.8. The van der Waals surface area contributed by atoms with Crippen LogP contribution < -0.4 is 0 Å². The van der Waals surface area contributed by atoms with Gasteiger partial charge in [-0.05, 0) is 63.7 Å². The summed E-state index contributed by atoms with van der Waals surface area (Å²) in [6, 6.07) is 2.87. The van der Waals surface area contributed by atoms with E-state index in [0.717, 1.165) is 18.4 Å². The fourth-order valence-corrected chi connectivity index (χ4v) is 6.24. The molecule has 1 fully saturated rings. The first kappa shape index (κ1) is 19.1. The molecular formula is C20H31N2O2P. The monoisotopic (exact) mass is 362 g/mol. The van der Waals surface area contributed by atoms with Gasteiger partial charge in [-0.15, -0.1) is 0 Å². The molecule has 0 aliphatic heterocycles. The first-order valence-electron chi connectivity index (χ1n) is 9.60. The van der Waals surface area contributed by atoms with Crippen LogP contribution in [0.1, 0.15) is 40.5 Å². The summed E-state index contributed by atoms with van der Waals surface area (Å²) in [4.78, 5) is 0. The molecule has 0 aromatic rings. The summed E-state index contributed by atoms with van der Waals surface area (Å²) in [5.41, 5.74) is 0. The maximum Gasteiger partial charge on any atom is 0.259 e. The van der Waals surface area contributed by atoms with Crippen molar-refractivity contribution in [1.29, 1.82) is 5.26 Å². The fourth-order valence-electron chi connectivity index (χ4n) is 4.57. The molecule has 2 bridgehead atoms. The predicted molar refractivity (Wildman–Crippen MR) is 102 cm³/mol. The van der Waals surface area contributed by atoms with E-state index in [1.54, 1.807) is 0 Å². The molecule has 0 saturated heterocycles. The van der Waals surface area contributed by atoms with Gasteiger partial charge in [-0.3, -0.25) is 0 Å². The van der Waals surface area contributed by atoms with Crippen molar-refractivity contribution in [2.75, 3.05) is 13.2 Å². The molecule has 4 rings (SSSR count). The highest BCUT2D eigenvalue weighted by molar-refractivity contribution is 7.44. The van der Waals surface area contributed by atoms with Crippen LogP contribution in [0.2, 0.25) is 0 Å². The standard InChI is InChI=1S/C20H31N2O2P/c1-14(2)22(15(3)4)25(23-11-5-10-21)24-13-17-12-16-6-7-19(17)20-9-8-18(16)20/h6-9,14-20H,5,11-13H2,1-4H3. The summed E-state index contributed by atoms with van der Waals surface area (Å²) >= 11 is 0. The molecule has 0 heterocycles. The highest BCUT2D eigenvalue weighted by Crippen LogP contribution is 2.54. The molecular weight excluding hydrogens is 331 g/mol. The van der Waals surface area contributed by atoms with Crippen molar-refractivity contribution in [2.45, 2.75) is 52.6 Å². The molecule has 0 radical (unpaired) electrons. The lowest BCUT2D eigenvalue weighted by atomic mass is 9.54. The first-order chi connectivity index (χ1) is 12.0. The SMILES string of the molecule is CC(C)N(C(C)C)P(OCCC#N)OCC1CC2C=CC1C1C=CC21. The van der Waals surface area contributed by atoms with Gasteiger partial charge in [0.25, 0.3) is 8.53 Å². The average molecular weight is 362 g/mol. The molecule has 138 valence electrons. The van der Waals surface area contributed by atoms with Gasteiger partial charge in [-0.25, -0.2) is 4.67 Å². The molecule has 0 amide bonds. The molecule has 6 atom stereocenters. The van der Waals surface area contributed by atoms with Gasteiger partial charge in [0.15, 0.2) is 0 Å². The zero-order chi connectivity index (χ0) is 18.0. The summed E-state index contributed by atoms with van der Waals surface area (Å²) in [5.74, 6) is 3.43. The van der Waals surface area contributed by atoms with E-state index in [9.17, 15) is 0 Å². The topological polar surface area (TPSA) is 45.5 Å². The van der Waals surface area contributed by atoms with Crippen LogP contribution in [0, 0.1) is 40.9 Å². The van der Waals surface area contributed by atoms with Crippen molar-refractivity contribution < 1.29 is 9.05 Å². The van der Waals surface area contributed by atoms with E-state index in [-0.39, 0.29) is 0 Å². The third-order valence-electron chi connectivity index (χ3n) is 5.70. The van der Waals surface area contributed by atoms with Crippen LogP contribution in [0.25, 0.3) is 0 Å². The van der Waals surface area contributed by atoms with Gasteiger partial charge in [0.2, 0.25) is 0 Å². The lowest BCUT2D eigenvalue weighted by Crippen LogP contribution is -2.45. The van der Waals surface area contributed by atoms with Crippen molar-refractivity contribution in [1.82, 2.24) is 4.67 Å². The number of hydrogen-bond acceptors (Lipinski definition) is 4. The lowest BCUT2D eigenvalue weighted by molar-refractivity contribution is 0.0603. The fraction of sp³-hybridized carbons (Fsp3) is 0.750. The second-order valence-corrected chi connectivity index (χ2v) is 9.46. The van der Waals surface area contributed by atoms with Gasteiger partial charge in [-0.2, -0.15) is 5.26 Å². The molecule has 5 heteroatoms. The minimum absolute atomic E-state index is 0.356. The molecule has 4 nitrogen and oxygen atoms in total. The van der Waals surface area contributed by atoms with Crippen LogP contribution >= 0.6 is 8.53 Å².